The SMILES string of the molecule is Nc1ncnc2c1ncn2[C@@H]1O[C@H](COC(=O)COc2ccccc2)[C@@H](OP(=O)(O)OP(=O)(O)O)[C@H]1O. The van der Waals surface area contributed by atoms with Crippen molar-refractivity contribution in [2.45, 2.75) is 24.5 Å². The van der Waals surface area contributed by atoms with Gasteiger partial charge < -0.3 is 39.7 Å². The van der Waals surface area contributed by atoms with Crippen LogP contribution in [-0.4, -0.2) is 76.8 Å². The standard InChI is InChI=1S/C18H21N5O12P2/c19-16-13-17(21-8-20-16)23(9-22-13)18-14(25)15(34-37(29,30)35-36(26,27)28)11(33-18)6-32-12(24)7-31-10-4-2-1-3-5-10/h1-5,8-9,11,14-15,18,25H,6-7H2,(H,29,30)(H2,19,20,21)(H2,26,27,28)/t11-,14-,15-,18-/m1/s1. The molecule has 0 radical (unpaired) electrons. The van der Waals surface area contributed by atoms with Crippen molar-refractivity contribution in [2.24, 2.45) is 0 Å². The lowest BCUT2D eigenvalue weighted by molar-refractivity contribution is -0.152. The van der Waals surface area contributed by atoms with Crippen molar-refractivity contribution >= 4 is 38.6 Å². The van der Waals surface area contributed by atoms with Gasteiger partial charge in [0.2, 0.25) is 0 Å². The molecule has 3 heterocycles. The number of hydrogen-bond acceptors (Lipinski definition) is 13. The Labute approximate surface area is 207 Å². The molecule has 0 spiro atoms. The molecule has 3 aromatic rings. The largest absolute Gasteiger partial charge is 0.482 e. The van der Waals surface area contributed by atoms with Crippen LogP contribution in [0.15, 0.2) is 43.0 Å². The minimum atomic E-state index is -5.46. The molecule has 4 rings (SSSR count). The molecule has 200 valence electrons. The average Bonchev–Trinajstić information content (AvgIpc) is 3.37. The zero-order chi connectivity index (χ0) is 26.8. The van der Waals surface area contributed by atoms with E-state index in [0.717, 1.165) is 6.33 Å². The van der Waals surface area contributed by atoms with E-state index in [9.17, 15) is 23.9 Å². The van der Waals surface area contributed by atoms with E-state index >= 15 is 0 Å². The maximum absolute atomic E-state index is 12.2. The number of hydrogen-bond donors (Lipinski definition) is 5. The van der Waals surface area contributed by atoms with Crippen molar-refractivity contribution < 1.29 is 56.8 Å². The van der Waals surface area contributed by atoms with Gasteiger partial charge in [-0.25, -0.2) is 28.9 Å². The number of anilines is 1. The molecule has 2 aromatic heterocycles. The Hall–Kier alpha value is -2.98. The molecule has 6 N–H and O–H groups in total. The van der Waals surface area contributed by atoms with Crippen molar-refractivity contribution in [3.8, 4) is 5.75 Å². The number of carbonyl (C=O) groups excluding carboxylic acids is 1. The molecule has 0 bridgehead atoms. The van der Waals surface area contributed by atoms with Gasteiger partial charge in [0.1, 0.15) is 42.5 Å². The maximum atomic E-state index is 12.2. The van der Waals surface area contributed by atoms with Crippen LogP contribution < -0.4 is 10.5 Å². The number of nitrogens with two attached hydrogens (primary N) is 1. The van der Waals surface area contributed by atoms with Gasteiger partial charge in [0.25, 0.3) is 0 Å². The van der Waals surface area contributed by atoms with Crippen LogP contribution in [0.2, 0.25) is 0 Å². The summed E-state index contributed by atoms with van der Waals surface area (Å²) in [5, 5.41) is 10.9. The number of ether oxygens (including phenoxy) is 3. The van der Waals surface area contributed by atoms with Gasteiger partial charge in [-0.15, -0.1) is 0 Å². The van der Waals surface area contributed by atoms with Gasteiger partial charge in [-0.2, -0.15) is 4.31 Å². The summed E-state index contributed by atoms with van der Waals surface area (Å²) in [6, 6.07) is 8.38. The number of aliphatic hydroxyl groups is 1. The minimum Gasteiger partial charge on any atom is -0.482 e. The van der Waals surface area contributed by atoms with Crippen LogP contribution in [0.3, 0.4) is 0 Å². The number of imidazole rings is 1. The third-order valence-corrected chi connectivity index (χ3v) is 7.13. The number of nitrogen functional groups attached to an aromatic ring is 1. The Kier molecular flexibility index (Phi) is 7.89. The molecule has 1 aromatic carbocycles. The molecule has 17 nitrogen and oxygen atoms in total. The third-order valence-electron chi connectivity index (χ3n) is 4.94. The van der Waals surface area contributed by atoms with Gasteiger partial charge in [-0.1, -0.05) is 18.2 Å². The molecule has 0 amide bonds. The molecule has 1 aliphatic rings. The van der Waals surface area contributed by atoms with E-state index in [4.69, 9.17) is 34.3 Å². The van der Waals surface area contributed by atoms with Gasteiger partial charge >= 0.3 is 21.6 Å². The number of phosphoric ester groups is 1. The third kappa shape index (κ3) is 6.67. The predicted octanol–water partition coefficient (Wildman–Crippen LogP) is -0.116. The highest BCUT2D eigenvalue weighted by atomic mass is 31.3. The lowest BCUT2D eigenvalue weighted by Gasteiger charge is -2.23. The van der Waals surface area contributed by atoms with Gasteiger partial charge in [-0.05, 0) is 12.1 Å². The summed E-state index contributed by atoms with van der Waals surface area (Å²) in [5.74, 6) is -0.420. The highest BCUT2D eigenvalue weighted by molar-refractivity contribution is 7.60. The number of phosphoric acid groups is 2. The van der Waals surface area contributed by atoms with Gasteiger partial charge in [0.05, 0.1) is 6.33 Å². The summed E-state index contributed by atoms with van der Waals surface area (Å²) < 4.78 is 49.2. The normalized spacial score (nSPS) is 23.6. The van der Waals surface area contributed by atoms with Gasteiger partial charge in [0.15, 0.2) is 24.3 Å². The summed E-state index contributed by atoms with van der Waals surface area (Å²) in [6.07, 6.45) is -3.99. The lowest BCUT2D eigenvalue weighted by Crippen LogP contribution is -2.37. The second kappa shape index (κ2) is 10.8. The number of aliphatic hydroxyl groups excluding tert-OH is 1. The minimum absolute atomic E-state index is 0.0304. The van der Waals surface area contributed by atoms with E-state index in [1.807, 2.05) is 0 Å². The van der Waals surface area contributed by atoms with Crippen molar-refractivity contribution in [2.75, 3.05) is 18.9 Å². The molecule has 1 unspecified atom stereocenters. The van der Waals surface area contributed by atoms with Crippen molar-refractivity contribution in [1.29, 1.82) is 0 Å². The van der Waals surface area contributed by atoms with Crippen molar-refractivity contribution in [3.63, 3.8) is 0 Å². The number of nitrogens with zero attached hydrogens (tertiary/aromatic N) is 4. The molecule has 0 aliphatic carbocycles. The van der Waals surface area contributed by atoms with E-state index in [-0.39, 0.29) is 17.0 Å². The van der Waals surface area contributed by atoms with E-state index in [2.05, 4.69) is 19.3 Å². The topological polar surface area (TPSA) is 248 Å². The van der Waals surface area contributed by atoms with Crippen LogP contribution in [0.1, 0.15) is 6.23 Å². The first-order chi connectivity index (χ1) is 17.4. The van der Waals surface area contributed by atoms with Crippen LogP contribution >= 0.6 is 15.6 Å². The fourth-order valence-electron chi connectivity index (χ4n) is 3.45. The first kappa shape index (κ1) is 27.1. The summed E-state index contributed by atoms with van der Waals surface area (Å²) in [6.45, 7) is -1.11. The molecule has 37 heavy (non-hydrogen) atoms. The van der Waals surface area contributed by atoms with E-state index in [0.29, 0.717) is 5.75 Å². The van der Waals surface area contributed by atoms with E-state index in [1.165, 1.54) is 10.9 Å². The summed E-state index contributed by atoms with van der Waals surface area (Å²) in [7, 11) is -10.9. The molecule has 19 heteroatoms. The van der Waals surface area contributed by atoms with Crippen LogP contribution in [0.5, 0.6) is 5.75 Å². The number of para-hydroxylation sites is 1. The average molecular weight is 561 g/mol. The van der Waals surface area contributed by atoms with Gasteiger partial charge in [0, 0.05) is 0 Å². The zero-order valence-corrected chi connectivity index (χ0v) is 20.4. The molecule has 5 atom stereocenters. The number of esters is 1. The molecule has 1 fully saturated rings. The molecule has 0 saturated carbocycles. The number of benzene rings is 1. The number of fused-ring (bicyclic) bond motifs is 1. The smallest absolute Gasteiger partial charge is 0.481 e. The fourth-order valence-corrected chi connectivity index (χ4v) is 5.25. The van der Waals surface area contributed by atoms with Gasteiger partial charge in [-0.3, -0.25) is 9.09 Å². The Morgan fingerprint density at radius 2 is 1.86 bits per heavy atom. The summed E-state index contributed by atoms with van der Waals surface area (Å²) in [5.41, 5.74) is 6.06. The highest BCUT2D eigenvalue weighted by Gasteiger charge is 2.51. The summed E-state index contributed by atoms with van der Waals surface area (Å²) in [4.78, 5) is 51.7. The van der Waals surface area contributed by atoms with Crippen LogP contribution in [0, 0.1) is 0 Å². The Balaban J connectivity index is 1.52. The second-order valence-corrected chi connectivity index (χ2v) is 10.3. The molecular weight excluding hydrogens is 540 g/mol. The number of aromatic nitrogens is 4. The zero-order valence-electron chi connectivity index (χ0n) is 18.6. The predicted molar refractivity (Wildman–Crippen MR) is 120 cm³/mol. The fraction of sp³-hybridized carbons (Fsp3) is 0.333. The van der Waals surface area contributed by atoms with E-state index in [1.54, 1.807) is 30.3 Å². The Morgan fingerprint density at radius 3 is 2.57 bits per heavy atom. The summed E-state index contributed by atoms with van der Waals surface area (Å²) >= 11 is 0. The quantitative estimate of drug-likeness (QED) is 0.160. The number of carbonyl (C=O) groups is 1. The maximum Gasteiger partial charge on any atom is 0.481 e. The van der Waals surface area contributed by atoms with Crippen molar-refractivity contribution in [3.05, 3.63) is 43.0 Å². The van der Waals surface area contributed by atoms with Crippen molar-refractivity contribution in [1.82, 2.24) is 19.5 Å². The Morgan fingerprint density at radius 1 is 1.14 bits per heavy atom. The van der Waals surface area contributed by atoms with Crippen LogP contribution in [0.25, 0.3) is 11.2 Å². The second-order valence-electron chi connectivity index (χ2n) is 7.53. The number of rotatable bonds is 10. The Bertz CT molecular complexity index is 1350. The first-order valence-corrected chi connectivity index (χ1v) is 13.3. The van der Waals surface area contributed by atoms with E-state index < -0.39 is 59.4 Å². The van der Waals surface area contributed by atoms with Crippen LogP contribution in [-0.2, 0) is 32.2 Å². The lowest BCUT2D eigenvalue weighted by atomic mass is 10.1. The first-order valence-electron chi connectivity index (χ1n) is 10.3. The van der Waals surface area contributed by atoms with Crippen LogP contribution in [0.4, 0.5) is 5.82 Å². The monoisotopic (exact) mass is 561 g/mol. The molecule has 1 saturated heterocycles. The highest BCUT2D eigenvalue weighted by Crippen LogP contribution is 2.59. The molecule has 1 aliphatic heterocycles. The molecular formula is C18H21N5O12P2.